The fourth-order valence-corrected chi connectivity index (χ4v) is 9.67. The first-order valence-corrected chi connectivity index (χ1v) is 15.0. The van der Waals surface area contributed by atoms with Gasteiger partial charge in [0.25, 0.3) is 0 Å². The van der Waals surface area contributed by atoms with E-state index in [-0.39, 0.29) is 41.1 Å². The van der Waals surface area contributed by atoms with Gasteiger partial charge in [0.1, 0.15) is 6.04 Å². The molecule has 198 valence electrons. The molecule has 3 aliphatic rings. The zero-order valence-electron chi connectivity index (χ0n) is 21.1. The Morgan fingerprint density at radius 2 is 2.00 bits per heavy atom. The number of aliphatic hydroxyl groups is 1. The molecule has 3 saturated heterocycles. The van der Waals surface area contributed by atoms with Gasteiger partial charge in [-0.2, -0.15) is 0 Å². The summed E-state index contributed by atoms with van der Waals surface area (Å²) in [5.74, 6) is -1.49. The Bertz CT molecular complexity index is 783. The van der Waals surface area contributed by atoms with Gasteiger partial charge in [0, 0.05) is 36.3 Å². The number of rotatable bonds is 15. The van der Waals surface area contributed by atoms with Crippen molar-refractivity contribution in [1.82, 2.24) is 9.80 Å². The van der Waals surface area contributed by atoms with Crippen LogP contribution in [0.3, 0.4) is 0 Å². The molecule has 1 N–H and O–H groups in total. The molecule has 9 heteroatoms. The van der Waals surface area contributed by atoms with E-state index >= 15 is 0 Å². The van der Waals surface area contributed by atoms with Crippen LogP contribution in [-0.4, -0.2) is 86.4 Å². The lowest BCUT2D eigenvalue weighted by atomic mass is 9.71. The summed E-state index contributed by atoms with van der Waals surface area (Å²) in [5, 5.41) is 9.02. The molecular formula is C26H41BrN2O5S. The Morgan fingerprint density at radius 3 is 2.66 bits per heavy atom. The number of thioether (sulfide) groups is 1. The standard InChI is InChI=1S/C26H41BrN2O5S/c1-4-7-10-14-28(13-5-2)24(32)22-26-17-18(27)21(35-26)19(25(33)34-6-3)20(26)23(31)29(22)15-11-8-9-12-16-30/h5,18-22,30H,2,4,6-17H2,1,3H3/t18?,19-,20-,21-,22?,26?/m0/s1. The van der Waals surface area contributed by atoms with Gasteiger partial charge in [0.15, 0.2) is 0 Å². The number of ether oxygens (including phenoxy) is 1. The Balaban J connectivity index is 1.93. The van der Waals surface area contributed by atoms with E-state index in [4.69, 9.17) is 9.84 Å². The van der Waals surface area contributed by atoms with E-state index in [1.165, 1.54) is 0 Å². The molecule has 2 bridgehead atoms. The number of hydrogen-bond acceptors (Lipinski definition) is 6. The molecule has 3 rings (SSSR count). The van der Waals surface area contributed by atoms with Gasteiger partial charge in [0.2, 0.25) is 11.8 Å². The Morgan fingerprint density at radius 1 is 1.26 bits per heavy atom. The Kier molecular flexibility index (Phi) is 10.5. The first-order chi connectivity index (χ1) is 16.9. The molecule has 0 aromatic heterocycles. The summed E-state index contributed by atoms with van der Waals surface area (Å²) in [6.45, 7) is 9.79. The van der Waals surface area contributed by atoms with E-state index in [2.05, 4.69) is 29.4 Å². The molecule has 0 radical (unpaired) electrons. The van der Waals surface area contributed by atoms with Crippen LogP contribution >= 0.6 is 27.7 Å². The van der Waals surface area contributed by atoms with Crippen LogP contribution in [0.4, 0.5) is 0 Å². The number of carbonyl (C=O) groups is 3. The van der Waals surface area contributed by atoms with Crippen molar-refractivity contribution < 1.29 is 24.2 Å². The number of likely N-dealkylation sites (tertiary alicyclic amines) is 1. The van der Waals surface area contributed by atoms with Crippen LogP contribution in [0.2, 0.25) is 0 Å². The highest BCUT2D eigenvalue weighted by atomic mass is 79.9. The zero-order valence-corrected chi connectivity index (χ0v) is 23.5. The summed E-state index contributed by atoms with van der Waals surface area (Å²) >= 11 is 5.44. The maximum absolute atomic E-state index is 14.2. The Hall–Kier alpha value is -1.06. The topological polar surface area (TPSA) is 87.2 Å². The van der Waals surface area contributed by atoms with Crippen LogP contribution in [0.5, 0.6) is 0 Å². The molecular weight excluding hydrogens is 532 g/mol. The molecule has 3 heterocycles. The third kappa shape index (κ3) is 5.61. The second kappa shape index (κ2) is 13.0. The van der Waals surface area contributed by atoms with E-state index in [0.717, 1.165) is 44.9 Å². The van der Waals surface area contributed by atoms with Crippen LogP contribution in [0.1, 0.15) is 65.2 Å². The molecule has 2 amide bonds. The van der Waals surface area contributed by atoms with Crippen LogP contribution in [0, 0.1) is 11.8 Å². The average molecular weight is 574 g/mol. The van der Waals surface area contributed by atoms with Crippen LogP contribution < -0.4 is 0 Å². The number of unbranched alkanes of at least 4 members (excludes halogenated alkanes) is 5. The maximum atomic E-state index is 14.2. The van der Waals surface area contributed by atoms with Gasteiger partial charge in [0.05, 0.1) is 23.2 Å². The van der Waals surface area contributed by atoms with Crippen molar-refractivity contribution in [3.8, 4) is 0 Å². The number of carbonyl (C=O) groups excluding carboxylic acids is 3. The smallest absolute Gasteiger partial charge is 0.310 e. The number of fused-ring (bicyclic) bond motifs is 1. The molecule has 0 aliphatic carbocycles. The fraction of sp³-hybridized carbons (Fsp3) is 0.808. The molecule has 35 heavy (non-hydrogen) atoms. The number of alkyl halides is 1. The van der Waals surface area contributed by atoms with E-state index in [9.17, 15) is 14.4 Å². The number of aliphatic hydroxyl groups excluding tert-OH is 1. The summed E-state index contributed by atoms with van der Waals surface area (Å²) in [6.07, 6.45) is 8.73. The van der Waals surface area contributed by atoms with Crippen molar-refractivity contribution in [2.24, 2.45) is 11.8 Å². The zero-order chi connectivity index (χ0) is 25.6. The molecule has 7 nitrogen and oxygen atoms in total. The minimum atomic E-state index is -0.625. The van der Waals surface area contributed by atoms with Crippen molar-refractivity contribution in [2.45, 2.75) is 86.1 Å². The van der Waals surface area contributed by atoms with E-state index in [1.807, 2.05) is 4.90 Å². The first kappa shape index (κ1) is 28.5. The van der Waals surface area contributed by atoms with E-state index in [0.29, 0.717) is 26.1 Å². The predicted octanol–water partition coefficient (Wildman–Crippen LogP) is 3.77. The average Bonchev–Trinajstić information content (AvgIpc) is 3.42. The molecule has 3 unspecified atom stereocenters. The van der Waals surface area contributed by atoms with Crippen molar-refractivity contribution in [3.05, 3.63) is 12.7 Å². The highest BCUT2D eigenvalue weighted by Gasteiger charge is 2.76. The molecule has 0 aromatic rings. The first-order valence-electron chi connectivity index (χ1n) is 13.2. The van der Waals surface area contributed by atoms with Gasteiger partial charge >= 0.3 is 5.97 Å². The molecule has 3 fully saturated rings. The number of amides is 2. The summed E-state index contributed by atoms with van der Waals surface area (Å²) in [6, 6.07) is -0.589. The number of nitrogens with zero attached hydrogens (tertiary/aromatic N) is 2. The minimum Gasteiger partial charge on any atom is -0.466 e. The lowest BCUT2D eigenvalue weighted by molar-refractivity contribution is -0.153. The second-order valence-corrected chi connectivity index (χ2v) is 12.6. The SMILES string of the molecule is C=CCN(CCCCC)C(=O)C1N(CCCCCCO)C(=O)[C@@H]2[C@H](C(=O)OCC)[C@H]3SC12CC3Br. The van der Waals surface area contributed by atoms with E-state index in [1.54, 1.807) is 29.7 Å². The van der Waals surface area contributed by atoms with Crippen LogP contribution in [-0.2, 0) is 19.1 Å². The molecule has 3 aliphatic heterocycles. The lowest BCUT2D eigenvalue weighted by Crippen LogP contribution is -2.55. The van der Waals surface area contributed by atoms with Gasteiger partial charge in [-0.05, 0) is 32.6 Å². The van der Waals surface area contributed by atoms with Crippen molar-refractivity contribution in [3.63, 3.8) is 0 Å². The highest BCUT2D eigenvalue weighted by molar-refractivity contribution is 9.09. The normalized spacial score (nSPS) is 31.0. The van der Waals surface area contributed by atoms with Crippen LogP contribution in [0.15, 0.2) is 12.7 Å². The predicted molar refractivity (Wildman–Crippen MR) is 142 cm³/mol. The minimum absolute atomic E-state index is 0.0235. The fourth-order valence-electron chi connectivity index (χ4n) is 6.08. The summed E-state index contributed by atoms with van der Waals surface area (Å²) < 4.78 is 4.79. The van der Waals surface area contributed by atoms with Gasteiger partial charge in [-0.1, -0.05) is 54.6 Å². The van der Waals surface area contributed by atoms with Gasteiger partial charge in [-0.3, -0.25) is 14.4 Å². The third-order valence-electron chi connectivity index (χ3n) is 7.58. The number of hydrogen-bond donors (Lipinski definition) is 1. The summed E-state index contributed by atoms with van der Waals surface area (Å²) in [4.78, 5) is 44.8. The molecule has 6 atom stereocenters. The molecule has 0 aromatic carbocycles. The van der Waals surface area contributed by atoms with Gasteiger partial charge in [-0.15, -0.1) is 18.3 Å². The monoisotopic (exact) mass is 572 g/mol. The van der Waals surface area contributed by atoms with Crippen molar-refractivity contribution in [2.75, 3.05) is 32.8 Å². The van der Waals surface area contributed by atoms with Crippen molar-refractivity contribution in [1.29, 1.82) is 0 Å². The third-order valence-corrected chi connectivity index (χ3v) is 10.8. The van der Waals surface area contributed by atoms with Crippen LogP contribution in [0.25, 0.3) is 0 Å². The maximum Gasteiger partial charge on any atom is 0.310 e. The van der Waals surface area contributed by atoms with E-state index < -0.39 is 22.6 Å². The number of halogens is 1. The lowest BCUT2D eigenvalue weighted by Gasteiger charge is -2.38. The molecule has 1 spiro atoms. The highest BCUT2D eigenvalue weighted by Crippen LogP contribution is 2.68. The summed E-state index contributed by atoms with van der Waals surface area (Å²) in [5.41, 5.74) is 0. The molecule has 0 saturated carbocycles. The Labute approximate surface area is 222 Å². The van der Waals surface area contributed by atoms with Crippen molar-refractivity contribution >= 4 is 45.5 Å². The van der Waals surface area contributed by atoms with Gasteiger partial charge in [-0.25, -0.2) is 0 Å². The quantitative estimate of drug-likeness (QED) is 0.139. The largest absolute Gasteiger partial charge is 0.466 e. The summed E-state index contributed by atoms with van der Waals surface area (Å²) in [7, 11) is 0. The second-order valence-electron chi connectivity index (χ2n) is 9.87. The number of esters is 1. The van der Waals surface area contributed by atoms with Gasteiger partial charge < -0.3 is 19.6 Å².